The quantitative estimate of drug-likeness (QED) is 0.742. The molecular weight excluding hydrogens is 302 g/mol. The number of rotatable bonds is 3. The average molecular weight is 321 g/mol. The van der Waals surface area contributed by atoms with Gasteiger partial charge in [-0.1, -0.05) is 0 Å². The van der Waals surface area contributed by atoms with Gasteiger partial charge >= 0.3 is 0 Å². The maximum atomic E-state index is 5.38. The van der Waals surface area contributed by atoms with E-state index in [4.69, 9.17) is 4.74 Å². The molecule has 5 rings (SSSR count). The molecule has 0 atom stereocenters. The molecular formula is C18H19N5O. The Hall–Kier alpha value is -2.63. The fraction of sp³-hybridized carbons (Fsp3) is 0.389. The summed E-state index contributed by atoms with van der Waals surface area (Å²) in [4.78, 5) is 6.84. The maximum absolute atomic E-state index is 5.38. The molecule has 2 aromatic heterocycles. The lowest BCUT2D eigenvalue weighted by Gasteiger charge is -2.30. The standard InChI is InChI=1S/C18H19N5O/c1-24-13-4-5-15-14(10-13)16(6-7-19-15)22-8-9-23-17(11-22)20-21-18(23)12-2-3-12/h4-7,10,12H,2-3,8-9,11H2,1H3. The van der Waals surface area contributed by atoms with Crippen LogP contribution in [0, 0.1) is 0 Å². The number of hydrogen-bond acceptors (Lipinski definition) is 5. The van der Waals surface area contributed by atoms with Crippen molar-refractivity contribution in [1.82, 2.24) is 19.7 Å². The lowest BCUT2D eigenvalue weighted by Crippen LogP contribution is -2.34. The van der Waals surface area contributed by atoms with Crippen molar-refractivity contribution >= 4 is 16.6 Å². The van der Waals surface area contributed by atoms with Crippen LogP contribution in [0.5, 0.6) is 5.75 Å². The van der Waals surface area contributed by atoms with Crippen LogP contribution in [0.3, 0.4) is 0 Å². The second-order valence-electron chi connectivity index (χ2n) is 6.54. The van der Waals surface area contributed by atoms with Crippen molar-refractivity contribution in [2.75, 3.05) is 18.6 Å². The Morgan fingerprint density at radius 1 is 1.12 bits per heavy atom. The zero-order valence-electron chi connectivity index (χ0n) is 13.6. The van der Waals surface area contributed by atoms with Crippen LogP contribution in [0.4, 0.5) is 5.69 Å². The summed E-state index contributed by atoms with van der Waals surface area (Å²) in [6.45, 7) is 2.69. The average Bonchev–Trinajstić information content (AvgIpc) is 3.39. The smallest absolute Gasteiger partial charge is 0.152 e. The molecule has 1 aliphatic heterocycles. The van der Waals surface area contributed by atoms with Crippen molar-refractivity contribution < 1.29 is 4.74 Å². The van der Waals surface area contributed by atoms with Crippen LogP contribution >= 0.6 is 0 Å². The zero-order chi connectivity index (χ0) is 16.1. The Morgan fingerprint density at radius 3 is 2.88 bits per heavy atom. The van der Waals surface area contributed by atoms with E-state index in [2.05, 4.69) is 36.8 Å². The van der Waals surface area contributed by atoms with Gasteiger partial charge in [0.15, 0.2) is 5.82 Å². The Morgan fingerprint density at radius 2 is 2.04 bits per heavy atom. The molecule has 0 spiro atoms. The summed E-state index contributed by atoms with van der Waals surface area (Å²) in [7, 11) is 1.69. The van der Waals surface area contributed by atoms with Gasteiger partial charge in [-0.2, -0.15) is 0 Å². The highest BCUT2D eigenvalue weighted by molar-refractivity contribution is 5.92. The van der Waals surface area contributed by atoms with E-state index < -0.39 is 0 Å². The van der Waals surface area contributed by atoms with Crippen molar-refractivity contribution in [2.45, 2.75) is 31.8 Å². The predicted molar refractivity (Wildman–Crippen MR) is 91.3 cm³/mol. The second-order valence-corrected chi connectivity index (χ2v) is 6.54. The van der Waals surface area contributed by atoms with Crippen LogP contribution in [-0.2, 0) is 13.1 Å². The number of nitrogens with zero attached hydrogens (tertiary/aromatic N) is 5. The number of aromatic nitrogens is 4. The van der Waals surface area contributed by atoms with Crippen LogP contribution in [0.15, 0.2) is 30.5 Å². The van der Waals surface area contributed by atoms with Crippen molar-refractivity contribution in [3.8, 4) is 5.75 Å². The van der Waals surface area contributed by atoms with Crippen molar-refractivity contribution in [1.29, 1.82) is 0 Å². The van der Waals surface area contributed by atoms with Gasteiger partial charge < -0.3 is 14.2 Å². The van der Waals surface area contributed by atoms with Crippen molar-refractivity contribution in [3.05, 3.63) is 42.1 Å². The van der Waals surface area contributed by atoms with Crippen LogP contribution < -0.4 is 9.64 Å². The van der Waals surface area contributed by atoms with Gasteiger partial charge in [-0.25, -0.2) is 0 Å². The molecule has 24 heavy (non-hydrogen) atoms. The normalized spacial score (nSPS) is 17.1. The number of ether oxygens (including phenoxy) is 1. The van der Waals surface area contributed by atoms with E-state index in [0.29, 0.717) is 5.92 Å². The van der Waals surface area contributed by atoms with Crippen LogP contribution in [0.2, 0.25) is 0 Å². The number of pyridine rings is 1. The van der Waals surface area contributed by atoms with Gasteiger partial charge in [0.2, 0.25) is 0 Å². The summed E-state index contributed by atoms with van der Waals surface area (Å²) in [5.41, 5.74) is 2.17. The number of fused-ring (bicyclic) bond motifs is 2. The van der Waals surface area contributed by atoms with Crippen LogP contribution in [-0.4, -0.2) is 33.4 Å². The second kappa shape index (κ2) is 5.19. The van der Waals surface area contributed by atoms with E-state index in [9.17, 15) is 0 Å². The van der Waals surface area contributed by atoms with E-state index in [-0.39, 0.29) is 0 Å². The molecule has 0 radical (unpaired) electrons. The molecule has 6 heteroatoms. The molecule has 1 fully saturated rings. The van der Waals surface area contributed by atoms with Gasteiger partial charge in [0, 0.05) is 36.3 Å². The number of benzene rings is 1. The van der Waals surface area contributed by atoms with Gasteiger partial charge in [0.05, 0.1) is 19.2 Å². The third kappa shape index (κ3) is 2.13. The van der Waals surface area contributed by atoms with Gasteiger partial charge in [0.1, 0.15) is 11.6 Å². The van der Waals surface area contributed by atoms with Crippen molar-refractivity contribution in [2.24, 2.45) is 0 Å². The van der Waals surface area contributed by atoms with Gasteiger partial charge in [-0.05, 0) is 37.1 Å². The molecule has 1 aliphatic carbocycles. The van der Waals surface area contributed by atoms with E-state index in [1.165, 1.54) is 24.4 Å². The van der Waals surface area contributed by atoms with Gasteiger partial charge in [0.25, 0.3) is 0 Å². The highest BCUT2D eigenvalue weighted by Crippen LogP contribution is 2.40. The monoisotopic (exact) mass is 321 g/mol. The van der Waals surface area contributed by atoms with Gasteiger partial charge in [-0.15, -0.1) is 10.2 Å². The third-order valence-electron chi connectivity index (χ3n) is 4.99. The molecule has 1 saturated carbocycles. The summed E-state index contributed by atoms with van der Waals surface area (Å²) in [5.74, 6) is 3.75. The topological polar surface area (TPSA) is 56.1 Å². The maximum Gasteiger partial charge on any atom is 0.152 e. The molecule has 0 amide bonds. The van der Waals surface area contributed by atoms with E-state index in [1.807, 2.05) is 18.3 Å². The summed E-state index contributed by atoms with van der Waals surface area (Å²) in [6, 6.07) is 8.10. The first-order chi connectivity index (χ1) is 11.8. The summed E-state index contributed by atoms with van der Waals surface area (Å²) >= 11 is 0. The van der Waals surface area contributed by atoms with E-state index in [1.54, 1.807) is 7.11 Å². The SMILES string of the molecule is COc1ccc2nccc(N3CCn4c(nnc4C4CC4)C3)c2c1. The van der Waals surface area contributed by atoms with Crippen LogP contribution in [0.25, 0.3) is 10.9 Å². The molecule has 6 nitrogen and oxygen atoms in total. The molecule has 122 valence electrons. The zero-order valence-corrected chi connectivity index (χ0v) is 13.6. The Balaban J connectivity index is 1.53. The lowest BCUT2D eigenvalue weighted by atomic mass is 10.1. The summed E-state index contributed by atoms with van der Waals surface area (Å²) in [5, 5.41) is 9.99. The fourth-order valence-corrected chi connectivity index (χ4v) is 3.54. The summed E-state index contributed by atoms with van der Waals surface area (Å²) < 4.78 is 7.70. The molecule has 1 aromatic carbocycles. The first kappa shape index (κ1) is 13.8. The molecule has 0 N–H and O–H groups in total. The summed E-state index contributed by atoms with van der Waals surface area (Å²) in [6.07, 6.45) is 4.40. The highest BCUT2D eigenvalue weighted by atomic mass is 16.5. The first-order valence-corrected chi connectivity index (χ1v) is 8.43. The predicted octanol–water partition coefficient (Wildman–Crippen LogP) is 2.73. The van der Waals surface area contributed by atoms with Gasteiger partial charge in [-0.3, -0.25) is 4.98 Å². The lowest BCUT2D eigenvalue weighted by molar-refractivity contribution is 0.415. The third-order valence-corrected chi connectivity index (χ3v) is 4.99. The molecule has 3 aromatic rings. The highest BCUT2D eigenvalue weighted by Gasteiger charge is 2.32. The Kier molecular flexibility index (Phi) is 2.98. The first-order valence-electron chi connectivity index (χ1n) is 8.43. The number of methoxy groups -OCH3 is 1. The van der Waals surface area contributed by atoms with E-state index in [0.717, 1.165) is 42.1 Å². The van der Waals surface area contributed by atoms with Crippen LogP contribution in [0.1, 0.15) is 30.4 Å². The van der Waals surface area contributed by atoms with Crippen molar-refractivity contribution in [3.63, 3.8) is 0 Å². The number of hydrogen-bond donors (Lipinski definition) is 0. The molecule has 0 bridgehead atoms. The minimum Gasteiger partial charge on any atom is -0.497 e. The Labute approximate surface area is 140 Å². The minimum atomic E-state index is 0.642. The fourth-order valence-electron chi connectivity index (χ4n) is 3.54. The minimum absolute atomic E-state index is 0.642. The Bertz CT molecular complexity index is 915. The molecule has 0 saturated heterocycles. The molecule has 0 unspecified atom stereocenters. The largest absolute Gasteiger partial charge is 0.497 e. The molecule has 2 aliphatic rings. The number of anilines is 1. The van der Waals surface area contributed by atoms with E-state index >= 15 is 0 Å². The molecule has 3 heterocycles.